The minimum Gasteiger partial charge on any atom is -0.369 e. The summed E-state index contributed by atoms with van der Waals surface area (Å²) in [6, 6.07) is 9.51. The molecule has 0 aromatic heterocycles. The normalized spacial score (nSPS) is 20.6. The third-order valence-electron chi connectivity index (χ3n) is 3.67. The molecule has 2 rings (SSSR count). The Balaban J connectivity index is 2.17. The van der Waals surface area contributed by atoms with Crippen LogP contribution in [0, 0.1) is 0 Å². The fraction of sp³-hybridized carbons (Fsp3) is 0.600. The van der Waals surface area contributed by atoms with Crippen LogP contribution in [0.25, 0.3) is 0 Å². The number of hydrogen-bond acceptors (Lipinski definition) is 2. The van der Waals surface area contributed by atoms with Gasteiger partial charge in [-0.05, 0) is 44.4 Å². The van der Waals surface area contributed by atoms with Crippen molar-refractivity contribution in [2.45, 2.75) is 45.7 Å². The van der Waals surface area contributed by atoms with Crippen LogP contribution in [0.2, 0.25) is 0 Å². The van der Waals surface area contributed by atoms with Crippen molar-refractivity contribution in [3.05, 3.63) is 29.8 Å². The zero-order valence-electron chi connectivity index (χ0n) is 11.1. The van der Waals surface area contributed by atoms with Crippen molar-refractivity contribution in [1.82, 2.24) is 5.32 Å². The first kappa shape index (κ1) is 12.4. The number of benzene rings is 1. The summed E-state index contributed by atoms with van der Waals surface area (Å²) in [5.74, 6) is 0. The van der Waals surface area contributed by atoms with E-state index in [1.54, 1.807) is 0 Å². The van der Waals surface area contributed by atoms with Crippen LogP contribution in [0.1, 0.15) is 38.7 Å². The first-order chi connectivity index (χ1) is 8.33. The Morgan fingerprint density at radius 2 is 2.12 bits per heavy atom. The van der Waals surface area contributed by atoms with Crippen LogP contribution in [-0.4, -0.2) is 19.1 Å². The van der Waals surface area contributed by atoms with E-state index in [1.165, 1.54) is 37.1 Å². The summed E-state index contributed by atoms with van der Waals surface area (Å²) < 4.78 is 0. The summed E-state index contributed by atoms with van der Waals surface area (Å²) in [7, 11) is 0. The molecule has 94 valence electrons. The van der Waals surface area contributed by atoms with Gasteiger partial charge in [-0.2, -0.15) is 0 Å². The third kappa shape index (κ3) is 3.01. The molecule has 1 unspecified atom stereocenters. The van der Waals surface area contributed by atoms with E-state index < -0.39 is 0 Å². The number of piperidine rings is 1. The van der Waals surface area contributed by atoms with Gasteiger partial charge in [-0.25, -0.2) is 0 Å². The van der Waals surface area contributed by atoms with Gasteiger partial charge in [0.2, 0.25) is 0 Å². The lowest BCUT2D eigenvalue weighted by Crippen LogP contribution is -2.38. The molecule has 0 saturated carbocycles. The zero-order chi connectivity index (χ0) is 12.1. The monoisotopic (exact) mass is 232 g/mol. The summed E-state index contributed by atoms with van der Waals surface area (Å²) in [6.45, 7) is 7.74. The SMILES string of the molecule is CCNCc1ccccc1N1CCCCC1C. The highest BCUT2D eigenvalue weighted by atomic mass is 15.2. The fourth-order valence-electron chi connectivity index (χ4n) is 2.66. The highest BCUT2D eigenvalue weighted by Gasteiger charge is 2.20. The van der Waals surface area contributed by atoms with Crippen molar-refractivity contribution in [3.63, 3.8) is 0 Å². The smallest absolute Gasteiger partial charge is 0.0414 e. The fourth-order valence-corrected chi connectivity index (χ4v) is 2.66. The summed E-state index contributed by atoms with van der Waals surface area (Å²) in [6.07, 6.45) is 4.04. The predicted octanol–water partition coefficient (Wildman–Crippen LogP) is 3.17. The maximum atomic E-state index is 3.43. The van der Waals surface area contributed by atoms with Crippen molar-refractivity contribution in [2.24, 2.45) is 0 Å². The standard InChI is InChI=1S/C15H24N2/c1-3-16-12-14-9-4-5-10-15(14)17-11-7-6-8-13(17)2/h4-5,9-10,13,16H,3,6-8,11-12H2,1-2H3. The van der Waals surface area contributed by atoms with Gasteiger partial charge in [0.15, 0.2) is 0 Å². The molecular formula is C15H24N2. The van der Waals surface area contributed by atoms with Gasteiger partial charge < -0.3 is 10.2 Å². The maximum absolute atomic E-state index is 3.43. The van der Waals surface area contributed by atoms with E-state index in [4.69, 9.17) is 0 Å². The second-order valence-corrected chi connectivity index (χ2v) is 4.95. The molecule has 0 bridgehead atoms. The maximum Gasteiger partial charge on any atom is 0.0414 e. The topological polar surface area (TPSA) is 15.3 Å². The van der Waals surface area contributed by atoms with Crippen LogP contribution >= 0.6 is 0 Å². The lowest BCUT2D eigenvalue weighted by Gasteiger charge is -2.36. The molecule has 0 amide bonds. The van der Waals surface area contributed by atoms with E-state index in [1.807, 2.05) is 0 Å². The first-order valence-electron chi connectivity index (χ1n) is 6.88. The first-order valence-corrected chi connectivity index (χ1v) is 6.88. The molecule has 0 radical (unpaired) electrons. The Labute approximate surface area is 105 Å². The molecule has 2 nitrogen and oxygen atoms in total. The zero-order valence-corrected chi connectivity index (χ0v) is 11.1. The number of hydrogen-bond donors (Lipinski definition) is 1. The summed E-state index contributed by atoms with van der Waals surface area (Å²) in [5, 5.41) is 3.43. The van der Waals surface area contributed by atoms with Gasteiger partial charge in [-0.1, -0.05) is 25.1 Å². The molecule has 0 aliphatic carbocycles. The van der Waals surface area contributed by atoms with Crippen LogP contribution in [0.4, 0.5) is 5.69 Å². The Morgan fingerprint density at radius 3 is 2.88 bits per heavy atom. The average molecular weight is 232 g/mol. The molecule has 1 fully saturated rings. The van der Waals surface area contributed by atoms with Crippen LogP contribution in [0.5, 0.6) is 0 Å². The third-order valence-corrected chi connectivity index (χ3v) is 3.67. The molecule has 1 aliphatic heterocycles. The lowest BCUT2D eigenvalue weighted by atomic mass is 10.0. The van der Waals surface area contributed by atoms with Gasteiger partial charge in [0.1, 0.15) is 0 Å². The number of anilines is 1. The second-order valence-electron chi connectivity index (χ2n) is 4.95. The van der Waals surface area contributed by atoms with Crippen molar-refractivity contribution in [2.75, 3.05) is 18.0 Å². The van der Waals surface area contributed by atoms with Gasteiger partial charge in [0.05, 0.1) is 0 Å². The molecular weight excluding hydrogens is 208 g/mol. The van der Waals surface area contributed by atoms with E-state index in [-0.39, 0.29) is 0 Å². The van der Waals surface area contributed by atoms with Crippen LogP contribution in [0.3, 0.4) is 0 Å². The summed E-state index contributed by atoms with van der Waals surface area (Å²) >= 11 is 0. The molecule has 1 heterocycles. The van der Waals surface area contributed by atoms with E-state index in [0.29, 0.717) is 6.04 Å². The van der Waals surface area contributed by atoms with E-state index in [9.17, 15) is 0 Å². The molecule has 1 aromatic rings. The van der Waals surface area contributed by atoms with Gasteiger partial charge in [0.25, 0.3) is 0 Å². The largest absolute Gasteiger partial charge is 0.369 e. The van der Waals surface area contributed by atoms with Crippen molar-refractivity contribution < 1.29 is 0 Å². The highest BCUT2D eigenvalue weighted by Crippen LogP contribution is 2.27. The summed E-state index contributed by atoms with van der Waals surface area (Å²) in [4.78, 5) is 2.58. The number of para-hydroxylation sites is 1. The van der Waals surface area contributed by atoms with Crippen LogP contribution in [-0.2, 0) is 6.54 Å². The lowest BCUT2D eigenvalue weighted by molar-refractivity contribution is 0.483. The Morgan fingerprint density at radius 1 is 1.29 bits per heavy atom. The van der Waals surface area contributed by atoms with E-state index in [0.717, 1.165) is 13.1 Å². The number of nitrogens with zero attached hydrogens (tertiary/aromatic N) is 1. The van der Waals surface area contributed by atoms with Gasteiger partial charge in [-0.3, -0.25) is 0 Å². The Kier molecular flexibility index (Phi) is 4.43. The Hall–Kier alpha value is -1.02. The van der Waals surface area contributed by atoms with Crippen molar-refractivity contribution >= 4 is 5.69 Å². The molecule has 1 N–H and O–H groups in total. The van der Waals surface area contributed by atoms with Gasteiger partial charge in [0, 0.05) is 24.8 Å². The highest BCUT2D eigenvalue weighted by molar-refractivity contribution is 5.54. The molecule has 0 spiro atoms. The minimum atomic E-state index is 0.687. The molecule has 2 heteroatoms. The summed E-state index contributed by atoms with van der Waals surface area (Å²) in [5.41, 5.74) is 2.86. The Bertz CT molecular complexity index is 349. The van der Waals surface area contributed by atoms with Crippen molar-refractivity contribution in [1.29, 1.82) is 0 Å². The number of rotatable bonds is 4. The van der Waals surface area contributed by atoms with Gasteiger partial charge >= 0.3 is 0 Å². The second kappa shape index (κ2) is 6.06. The predicted molar refractivity (Wildman–Crippen MR) is 74.5 cm³/mol. The molecule has 1 aromatic carbocycles. The molecule has 1 aliphatic rings. The minimum absolute atomic E-state index is 0.687. The molecule has 17 heavy (non-hydrogen) atoms. The average Bonchev–Trinajstić information content (AvgIpc) is 2.37. The molecule has 1 saturated heterocycles. The van der Waals surface area contributed by atoms with E-state index in [2.05, 4.69) is 48.3 Å². The van der Waals surface area contributed by atoms with Crippen LogP contribution in [0.15, 0.2) is 24.3 Å². The molecule has 1 atom stereocenters. The van der Waals surface area contributed by atoms with Crippen molar-refractivity contribution in [3.8, 4) is 0 Å². The number of nitrogens with one attached hydrogen (secondary N) is 1. The van der Waals surface area contributed by atoms with Crippen LogP contribution < -0.4 is 10.2 Å². The quantitative estimate of drug-likeness (QED) is 0.857. The van der Waals surface area contributed by atoms with Gasteiger partial charge in [-0.15, -0.1) is 0 Å². The van der Waals surface area contributed by atoms with E-state index >= 15 is 0 Å².